The number of nitrogens with zero attached hydrogens (tertiary/aromatic N) is 11. The molecule has 692 valence electrons. The Balaban J connectivity index is 0.000000240. The Bertz CT molecular complexity index is 4850. The molecule has 10 rings (SSSR count). The lowest BCUT2D eigenvalue weighted by molar-refractivity contribution is -0.300. The van der Waals surface area contributed by atoms with E-state index in [1.807, 2.05) is 0 Å². The summed E-state index contributed by atoms with van der Waals surface area (Å²) in [6.07, 6.45) is -43.8. The van der Waals surface area contributed by atoms with Gasteiger partial charge in [0.25, 0.3) is 35.3 Å². The number of alkyl halides is 18. The highest BCUT2D eigenvalue weighted by atomic mass is 19.4. The van der Waals surface area contributed by atoms with Crippen LogP contribution >= 0.6 is 0 Å². The molecule has 125 heavy (non-hydrogen) atoms. The number of halogens is 18. The number of aliphatic hydroxyl groups is 2. The van der Waals surface area contributed by atoms with Crippen LogP contribution in [0.2, 0.25) is 0 Å². The number of nitrogen functional groups attached to an aromatic ring is 1. The average molecular weight is 1820 g/mol. The van der Waals surface area contributed by atoms with Crippen LogP contribution in [0.4, 0.5) is 115 Å². The van der Waals surface area contributed by atoms with Crippen LogP contribution in [0.5, 0.6) is 17.6 Å². The summed E-state index contributed by atoms with van der Waals surface area (Å²) in [7, 11) is 0. The number of imide groups is 2. The molecule has 6 aromatic heterocycles. The summed E-state index contributed by atoms with van der Waals surface area (Å²) in [4.78, 5) is 65.3. The summed E-state index contributed by atoms with van der Waals surface area (Å²) in [5.41, 5.74) is -18.8. The predicted octanol–water partition coefficient (Wildman–Crippen LogP) is 17.6. The number of benzene rings is 1. The van der Waals surface area contributed by atoms with Crippen molar-refractivity contribution in [3.8, 4) is 52.4 Å². The zero-order chi connectivity index (χ0) is 93.8. The molecule has 1 aromatic carbocycles. The lowest BCUT2D eigenvalue weighted by atomic mass is 9.96. The number of aromatic nitrogens is 9. The molecule has 0 saturated carbocycles. The van der Waals surface area contributed by atoms with Crippen LogP contribution in [0.15, 0.2) is 61.8 Å². The number of hydrogen-bond donors (Lipinski definition) is 3. The number of carbonyl (C=O) groups is 4. The fourth-order valence-electron chi connectivity index (χ4n) is 11.2. The Kier molecular flexibility index (Phi) is 29.9. The van der Waals surface area contributed by atoms with Gasteiger partial charge in [0.15, 0.2) is 17.1 Å². The lowest BCUT2D eigenvalue weighted by Crippen LogP contribution is -2.45. The Labute approximate surface area is 698 Å². The number of hydrogen-bond acceptors (Lipinski definition) is 30. The van der Waals surface area contributed by atoms with Crippen LogP contribution in [0.1, 0.15) is 182 Å². The zero-order valence-corrected chi connectivity index (χ0v) is 69.1. The lowest BCUT2D eigenvalue weighted by Gasteiger charge is -2.33. The molecule has 12 bridgehead atoms. The van der Waals surface area contributed by atoms with Crippen molar-refractivity contribution in [1.29, 1.82) is 0 Å². The largest absolute Gasteiger partial charge is 0.472 e. The molecule has 6 atom stereocenters. The Morgan fingerprint density at radius 1 is 0.432 bits per heavy atom. The van der Waals surface area contributed by atoms with Crippen LogP contribution in [0.3, 0.4) is 0 Å². The quantitative estimate of drug-likeness (QED) is 0.106. The van der Waals surface area contributed by atoms with Crippen LogP contribution in [0.25, 0.3) is 34.8 Å². The van der Waals surface area contributed by atoms with E-state index in [1.54, 1.807) is 30.3 Å². The minimum absolute atomic E-state index is 0.0628. The first kappa shape index (κ1) is 99.7. The van der Waals surface area contributed by atoms with Crippen molar-refractivity contribution in [3.63, 3.8) is 0 Å². The average Bonchev–Trinajstić information content (AvgIpc) is 1.66. The molecule has 0 aliphatic carbocycles. The van der Waals surface area contributed by atoms with Gasteiger partial charge < -0.3 is 81.3 Å². The molecule has 0 radical (unpaired) electrons. The van der Waals surface area contributed by atoms with Crippen molar-refractivity contribution < 1.29 is 174 Å². The molecule has 3 aliphatic heterocycles. The second-order valence-corrected chi connectivity index (χ2v) is 32.2. The maximum Gasteiger partial charge on any atom is 0.426 e. The van der Waals surface area contributed by atoms with Crippen LogP contribution in [-0.2, 0) is 79.8 Å². The molecule has 3 aliphatic rings. The van der Waals surface area contributed by atoms with Gasteiger partial charge in [-0.3, -0.25) is 0 Å². The van der Waals surface area contributed by atoms with Crippen LogP contribution < -0.4 is 29.7 Å². The first-order valence-electron chi connectivity index (χ1n) is 37.5. The summed E-state index contributed by atoms with van der Waals surface area (Å²) in [5, 5.41) is 41.6. The Hall–Kier alpha value is -10.7. The van der Waals surface area contributed by atoms with E-state index in [-0.39, 0.29) is 74.8 Å². The number of pyridine rings is 3. The van der Waals surface area contributed by atoms with Gasteiger partial charge >= 0.3 is 61.4 Å². The van der Waals surface area contributed by atoms with Gasteiger partial charge in [-0.15, -0.1) is 30.6 Å². The van der Waals surface area contributed by atoms with Gasteiger partial charge in [0.05, 0.1) is 43.5 Å². The summed E-state index contributed by atoms with van der Waals surface area (Å²) in [5.74, 6) is -9.37. The molecule has 0 saturated heterocycles. The smallest absolute Gasteiger partial charge is 0.426 e. The maximum atomic E-state index is 15.2. The third-order valence-corrected chi connectivity index (χ3v) is 16.8. The monoisotopic (exact) mass is 1820 g/mol. The number of nitrogens with two attached hydrogens (primary N) is 1. The number of ether oxygens (including phenoxy) is 11. The first-order valence-corrected chi connectivity index (χ1v) is 37.5. The first-order chi connectivity index (χ1) is 57.3. The van der Waals surface area contributed by atoms with Crippen molar-refractivity contribution >= 4 is 41.4 Å². The normalized spacial score (nSPS) is 20.6. The van der Waals surface area contributed by atoms with Crippen molar-refractivity contribution in [1.82, 2.24) is 45.5 Å². The van der Waals surface area contributed by atoms with E-state index in [9.17, 15) is 95.2 Å². The minimum atomic E-state index is -5.34. The summed E-state index contributed by atoms with van der Waals surface area (Å²) < 4.78 is 329. The SMILES string of the molecule is C[C@@H]1COCCC[C@](O)(C(F)(F)F)c2nnc(o2)-c2nc(c(C(F)(F)F)cc2N(C(=O)OC(C)(C)C)C(=O)OC(C)(C)C)O1.C[C@@H]1COCCC[C@](O)(C(F)(F)F)c2nnc(o2)-c2nc(c(C(F)(F)F)cc2N)O1.C[C@@H]1COCCC[C@](OCc2ccccc2)(C(F)(F)F)c2nnc(o2)-c2nc(c(C(F)(F)F)cc2N(C(=O)OC(C)(C)C)C(=O)OC(C)(C)C)O1. The highest BCUT2D eigenvalue weighted by molar-refractivity contribution is 6.12. The van der Waals surface area contributed by atoms with Crippen molar-refractivity contribution in [3.05, 3.63) is 88.5 Å². The molecule has 0 spiro atoms. The third-order valence-electron chi connectivity index (χ3n) is 16.8. The standard InChI is InChI=1S/C33H38F6N4O8.C26H32F6N4O8.C16H16F6N4O4/c1-19-17-46-15-11-14-31(33(37,38)39,47-18-20-12-9-8-10-13-20)26-42-41-25(49-26)23-22(16-21(32(34,35)36)24(40-23)48-19)43(27(44)50-29(2,3)4)28(45)51-30(5,6)7;1-13-12-40-10-8-9-24(39,26(30,31)32)19-35-34-18(42-19)16-15(11-14(25(27,28)29)17(33-16)41-13)36(20(37)43-22(2,3)4)21(38)44-23(5,6)7;1-7-6-28-4-2-3-14(27,16(20,21)22)13-26-25-12(30-13)10-9(23)5-8(15(17,18)19)11(24-10)29-7/h8-10,12-13,16,19H,11,14-15,17-18H2,1-7H3;11,13,39H,8-10,12H2,1-7H3;5,7,27H,2-4,6,23H2,1H3/t19-,31-;13-,24-;7-,14-/m111/s1. The van der Waals surface area contributed by atoms with Gasteiger partial charge in [-0.1, -0.05) is 30.3 Å². The van der Waals surface area contributed by atoms with Gasteiger partial charge in [-0.25, -0.2) is 34.1 Å². The van der Waals surface area contributed by atoms with Crippen LogP contribution in [-0.4, -0.2) is 179 Å². The van der Waals surface area contributed by atoms with E-state index >= 15 is 13.2 Å². The molecule has 4 amide bonds. The molecule has 9 heterocycles. The molecular weight excluding hydrogens is 1730 g/mol. The highest BCUT2D eigenvalue weighted by Gasteiger charge is 2.63. The van der Waals surface area contributed by atoms with Gasteiger partial charge in [-0.05, 0) is 166 Å². The number of fused-ring (bicyclic) bond motifs is 15. The number of amides is 4. The molecule has 32 nitrogen and oxygen atoms in total. The summed E-state index contributed by atoms with van der Waals surface area (Å²) in [6, 6.07) is 9.06. The summed E-state index contributed by atoms with van der Waals surface area (Å²) >= 11 is 0. The number of carbonyl (C=O) groups excluding carboxylic acids is 4. The highest BCUT2D eigenvalue weighted by Crippen LogP contribution is 2.52. The molecule has 0 fully saturated rings. The maximum absolute atomic E-state index is 15.2. The van der Waals surface area contributed by atoms with Gasteiger partial charge in [-0.2, -0.15) is 88.8 Å². The minimum Gasteiger partial charge on any atom is -0.472 e. The summed E-state index contributed by atoms with van der Waals surface area (Å²) in [6.45, 7) is 18.7. The second-order valence-electron chi connectivity index (χ2n) is 32.2. The van der Waals surface area contributed by atoms with Crippen molar-refractivity contribution in [2.75, 3.05) is 55.2 Å². The van der Waals surface area contributed by atoms with E-state index in [0.717, 1.165) is 0 Å². The van der Waals surface area contributed by atoms with Crippen molar-refractivity contribution in [2.24, 2.45) is 0 Å². The van der Waals surface area contributed by atoms with Gasteiger partial charge in [0.1, 0.15) is 57.4 Å². The number of anilines is 3. The van der Waals surface area contributed by atoms with Crippen molar-refractivity contribution in [2.45, 2.75) is 244 Å². The second kappa shape index (κ2) is 37.4. The van der Waals surface area contributed by atoms with E-state index in [4.69, 9.17) is 71.1 Å². The van der Waals surface area contributed by atoms with E-state index in [2.05, 4.69) is 45.5 Å². The fourth-order valence-corrected chi connectivity index (χ4v) is 11.2. The Morgan fingerprint density at radius 3 is 1.06 bits per heavy atom. The third kappa shape index (κ3) is 25.1. The van der Waals surface area contributed by atoms with E-state index in [0.29, 0.717) is 17.7 Å². The van der Waals surface area contributed by atoms with E-state index < -0.39 is 249 Å². The fraction of sp³-hybridized carbons (Fsp3) is 0.587. The zero-order valence-electron chi connectivity index (χ0n) is 69.1. The van der Waals surface area contributed by atoms with Gasteiger partial charge in [0.2, 0.25) is 34.4 Å². The Morgan fingerprint density at radius 2 is 0.736 bits per heavy atom. The van der Waals surface area contributed by atoms with Crippen LogP contribution in [0, 0.1) is 0 Å². The topological polar surface area (TPSA) is 398 Å². The molecular formula is C75H86F18N12O20. The molecule has 7 aromatic rings. The molecule has 50 heteroatoms. The van der Waals surface area contributed by atoms with Gasteiger partial charge in [0, 0.05) is 19.8 Å². The van der Waals surface area contributed by atoms with E-state index in [1.165, 1.54) is 104 Å². The molecule has 0 unspecified atom stereocenters. The predicted molar refractivity (Wildman–Crippen MR) is 391 cm³/mol. The molecule has 4 N–H and O–H groups in total. The number of rotatable bonds is 5.